The first kappa shape index (κ1) is 12.0. The van der Waals surface area contributed by atoms with E-state index in [4.69, 9.17) is 5.11 Å². The van der Waals surface area contributed by atoms with Gasteiger partial charge in [-0.05, 0) is 43.4 Å². The van der Waals surface area contributed by atoms with E-state index in [9.17, 15) is 4.79 Å². The molecular weight excluding hydrogens is 214 g/mol. The van der Waals surface area contributed by atoms with E-state index in [0.29, 0.717) is 5.75 Å². The summed E-state index contributed by atoms with van der Waals surface area (Å²) in [7, 11) is 0. The van der Waals surface area contributed by atoms with Crippen LogP contribution in [0.25, 0.3) is 0 Å². The Morgan fingerprint density at radius 3 is 2.59 bits per heavy atom. The van der Waals surface area contributed by atoms with Crippen molar-refractivity contribution in [1.29, 1.82) is 0 Å². The number of carbonyl (C=O) groups is 1. The van der Waals surface area contributed by atoms with Gasteiger partial charge in [0, 0.05) is 12.5 Å². The summed E-state index contributed by atoms with van der Waals surface area (Å²) in [5.74, 6) is 0.803. The molecule has 0 unspecified atom stereocenters. The van der Waals surface area contributed by atoms with Gasteiger partial charge in [0.25, 0.3) is 0 Å². The van der Waals surface area contributed by atoms with Crippen LogP contribution in [0.5, 0.6) is 5.75 Å². The van der Waals surface area contributed by atoms with Gasteiger partial charge < -0.3 is 10.4 Å². The van der Waals surface area contributed by atoms with Crippen LogP contribution in [0.2, 0.25) is 0 Å². The highest BCUT2D eigenvalue weighted by Gasteiger charge is 2.24. The second kappa shape index (κ2) is 5.71. The standard InChI is InChI=1S/C14H19NO2/c16-13-8-6-11(7-9-13)3-2-10-15-14(17)12-4-1-5-12/h6-9,12,16H,1-5,10H2,(H,15,17). The van der Waals surface area contributed by atoms with Crippen molar-refractivity contribution < 1.29 is 9.90 Å². The smallest absolute Gasteiger partial charge is 0.223 e. The molecule has 0 saturated heterocycles. The van der Waals surface area contributed by atoms with Crippen LogP contribution in [-0.2, 0) is 11.2 Å². The van der Waals surface area contributed by atoms with Crippen LogP contribution in [0, 0.1) is 5.92 Å². The third-order valence-corrected chi connectivity index (χ3v) is 3.35. The molecule has 92 valence electrons. The zero-order chi connectivity index (χ0) is 12.1. The van der Waals surface area contributed by atoms with Gasteiger partial charge >= 0.3 is 0 Å². The van der Waals surface area contributed by atoms with Gasteiger partial charge in [0.05, 0.1) is 0 Å². The lowest BCUT2D eigenvalue weighted by Crippen LogP contribution is -2.35. The maximum absolute atomic E-state index is 11.5. The number of aryl methyl sites for hydroxylation is 1. The number of phenolic OH excluding ortho intramolecular Hbond substituents is 1. The molecule has 2 rings (SSSR count). The molecule has 0 spiro atoms. The molecule has 1 aromatic rings. The van der Waals surface area contributed by atoms with E-state index in [0.717, 1.165) is 32.2 Å². The number of hydrogen-bond acceptors (Lipinski definition) is 2. The highest BCUT2D eigenvalue weighted by Crippen LogP contribution is 2.26. The number of rotatable bonds is 5. The van der Waals surface area contributed by atoms with Gasteiger partial charge in [0.2, 0.25) is 5.91 Å². The molecule has 2 N–H and O–H groups in total. The Morgan fingerprint density at radius 2 is 2.00 bits per heavy atom. The van der Waals surface area contributed by atoms with Gasteiger partial charge in [-0.3, -0.25) is 4.79 Å². The van der Waals surface area contributed by atoms with Crippen molar-refractivity contribution in [3.05, 3.63) is 29.8 Å². The molecular formula is C14H19NO2. The van der Waals surface area contributed by atoms with Gasteiger partial charge in [0.15, 0.2) is 0 Å². The maximum atomic E-state index is 11.5. The maximum Gasteiger partial charge on any atom is 0.223 e. The Kier molecular flexibility index (Phi) is 4.02. The van der Waals surface area contributed by atoms with E-state index >= 15 is 0 Å². The van der Waals surface area contributed by atoms with Crippen molar-refractivity contribution in [3.8, 4) is 5.75 Å². The highest BCUT2D eigenvalue weighted by atomic mass is 16.3. The molecule has 1 aliphatic rings. The summed E-state index contributed by atoms with van der Waals surface area (Å²) in [5.41, 5.74) is 1.20. The van der Waals surface area contributed by atoms with Gasteiger partial charge in [-0.15, -0.1) is 0 Å². The molecule has 17 heavy (non-hydrogen) atoms. The average molecular weight is 233 g/mol. The number of nitrogens with one attached hydrogen (secondary N) is 1. The van der Waals surface area contributed by atoms with Gasteiger partial charge in [-0.1, -0.05) is 18.6 Å². The fraction of sp³-hybridized carbons (Fsp3) is 0.500. The summed E-state index contributed by atoms with van der Waals surface area (Å²) in [6.07, 6.45) is 5.20. The molecule has 0 radical (unpaired) electrons. The number of benzene rings is 1. The van der Waals surface area contributed by atoms with Crippen molar-refractivity contribution in [2.45, 2.75) is 32.1 Å². The van der Waals surface area contributed by atoms with Crippen LogP contribution in [0.4, 0.5) is 0 Å². The number of aromatic hydroxyl groups is 1. The molecule has 1 aliphatic carbocycles. The molecule has 1 fully saturated rings. The van der Waals surface area contributed by atoms with E-state index < -0.39 is 0 Å². The zero-order valence-electron chi connectivity index (χ0n) is 9.98. The zero-order valence-corrected chi connectivity index (χ0v) is 9.98. The second-order valence-corrected chi connectivity index (χ2v) is 4.69. The van der Waals surface area contributed by atoms with Crippen molar-refractivity contribution in [2.24, 2.45) is 5.92 Å². The molecule has 3 heteroatoms. The normalized spacial score (nSPS) is 15.3. The summed E-state index contributed by atoms with van der Waals surface area (Å²) in [4.78, 5) is 11.5. The number of carbonyl (C=O) groups excluding carboxylic acids is 1. The van der Waals surface area contributed by atoms with E-state index in [2.05, 4.69) is 5.32 Å². The summed E-state index contributed by atoms with van der Waals surface area (Å²) in [6.45, 7) is 0.746. The first-order chi connectivity index (χ1) is 8.25. The number of hydrogen-bond donors (Lipinski definition) is 2. The first-order valence-electron chi connectivity index (χ1n) is 6.31. The monoisotopic (exact) mass is 233 g/mol. The number of phenols is 1. The predicted molar refractivity (Wildman–Crippen MR) is 66.8 cm³/mol. The minimum Gasteiger partial charge on any atom is -0.508 e. The van der Waals surface area contributed by atoms with Crippen LogP contribution < -0.4 is 5.32 Å². The van der Waals surface area contributed by atoms with E-state index in [1.165, 1.54) is 12.0 Å². The molecule has 1 aromatic carbocycles. The Balaban J connectivity index is 1.62. The fourth-order valence-electron chi connectivity index (χ4n) is 1.98. The molecule has 1 saturated carbocycles. The quantitative estimate of drug-likeness (QED) is 0.766. The lowest BCUT2D eigenvalue weighted by atomic mass is 9.85. The summed E-state index contributed by atoms with van der Waals surface area (Å²) in [5, 5.41) is 12.1. The Labute approximate surface area is 102 Å². The van der Waals surface area contributed by atoms with Gasteiger partial charge in [-0.25, -0.2) is 0 Å². The summed E-state index contributed by atoms with van der Waals surface area (Å²) in [6, 6.07) is 7.23. The van der Waals surface area contributed by atoms with Crippen LogP contribution in [0.15, 0.2) is 24.3 Å². The van der Waals surface area contributed by atoms with Crippen LogP contribution >= 0.6 is 0 Å². The summed E-state index contributed by atoms with van der Waals surface area (Å²) >= 11 is 0. The molecule has 0 heterocycles. The fourth-order valence-corrected chi connectivity index (χ4v) is 1.98. The van der Waals surface area contributed by atoms with Crippen molar-refractivity contribution in [2.75, 3.05) is 6.54 Å². The minimum absolute atomic E-state index is 0.224. The highest BCUT2D eigenvalue weighted by molar-refractivity contribution is 5.79. The van der Waals surface area contributed by atoms with Gasteiger partial charge in [0.1, 0.15) is 5.75 Å². The SMILES string of the molecule is O=C(NCCCc1ccc(O)cc1)C1CCC1. The Bertz CT molecular complexity index is 368. The average Bonchev–Trinajstić information content (AvgIpc) is 2.24. The predicted octanol–water partition coefficient (Wildman–Crippen LogP) is 2.24. The van der Waals surface area contributed by atoms with Crippen molar-refractivity contribution >= 4 is 5.91 Å². The van der Waals surface area contributed by atoms with Crippen LogP contribution in [-0.4, -0.2) is 17.6 Å². The molecule has 0 aromatic heterocycles. The lowest BCUT2D eigenvalue weighted by molar-refractivity contribution is -0.127. The number of amides is 1. The van der Waals surface area contributed by atoms with Crippen LogP contribution in [0.1, 0.15) is 31.2 Å². The lowest BCUT2D eigenvalue weighted by Gasteiger charge is -2.23. The third kappa shape index (κ3) is 3.48. The topological polar surface area (TPSA) is 49.3 Å². The molecule has 3 nitrogen and oxygen atoms in total. The Morgan fingerprint density at radius 1 is 1.29 bits per heavy atom. The molecule has 0 aliphatic heterocycles. The summed E-state index contributed by atoms with van der Waals surface area (Å²) < 4.78 is 0. The molecule has 0 atom stereocenters. The largest absolute Gasteiger partial charge is 0.508 e. The van der Waals surface area contributed by atoms with Gasteiger partial charge in [-0.2, -0.15) is 0 Å². The van der Waals surface area contributed by atoms with E-state index in [1.54, 1.807) is 12.1 Å². The van der Waals surface area contributed by atoms with E-state index in [-0.39, 0.29) is 11.8 Å². The first-order valence-corrected chi connectivity index (χ1v) is 6.31. The minimum atomic E-state index is 0.224. The van der Waals surface area contributed by atoms with Crippen molar-refractivity contribution in [1.82, 2.24) is 5.32 Å². The van der Waals surface area contributed by atoms with E-state index in [1.807, 2.05) is 12.1 Å². The van der Waals surface area contributed by atoms with Crippen molar-refractivity contribution in [3.63, 3.8) is 0 Å². The van der Waals surface area contributed by atoms with Crippen LogP contribution in [0.3, 0.4) is 0 Å². The third-order valence-electron chi connectivity index (χ3n) is 3.35. The molecule has 1 amide bonds. The Hall–Kier alpha value is -1.51. The second-order valence-electron chi connectivity index (χ2n) is 4.69. The molecule has 0 bridgehead atoms.